The number of allylic oxidation sites excluding steroid dienone is 1. The van der Waals surface area contributed by atoms with Gasteiger partial charge in [-0.2, -0.15) is 0 Å². The number of carbonyl (C=O) groups excluding carboxylic acids is 1. The maximum absolute atomic E-state index is 13.2. The van der Waals surface area contributed by atoms with Crippen molar-refractivity contribution in [1.29, 1.82) is 0 Å². The number of nitro benzene ring substituents is 1. The molecule has 0 saturated carbocycles. The summed E-state index contributed by atoms with van der Waals surface area (Å²) in [5.41, 5.74) is 1.23. The van der Waals surface area contributed by atoms with Crippen molar-refractivity contribution in [1.82, 2.24) is 0 Å². The fraction of sp³-hybridized carbons (Fsp3) is 0.0455. The molecule has 1 N–H and O–H groups in total. The normalized spacial score (nSPS) is 11.4. The lowest BCUT2D eigenvalue weighted by molar-refractivity contribution is -0.385. The number of nitro groups is 1. The molecule has 0 radical (unpaired) electrons. The van der Waals surface area contributed by atoms with Crippen molar-refractivity contribution in [3.63, 3.8) is 0 Å². The number of carbonyl (C=O) groups is 1. The standard InChI is InChI=1S/C22H14BrCl2NO4S/c23-15-4-1-13(2-5-15)12-31-21(22(28)17-7-6-16(24)11-18(17)25)10-14-3-8-20(27)19(9-14)26(29)30/h1-11,27H,12H2. The lowest BCUT2D eigenvalue weighted by Crippen LogP contribution is -2.03. The summed E-state index contributed by atoms with van der Waals surface area (Å²) in [6.07, 6.45) is 1.54. The van der Waals surface area contributed by atoms with E-state index in [4.69, 9.17) is 23.2 Å². The average Bonchev–Trinajstić information content (AvgIpc) is 2.73. The maximum Gasteiger partial charge on any atom is 0.311 e. The van der Waals surface area contributed by atoms with Gasteiger partial charge in [0.05, 0.1) is 14.9 Å². The van der Waals surface area contributed by atoms with Gasteiger partial charge in [0.2, 0.25) is 5.78 Å². The Hall–Kier alpha value is -2.32. The highest BCUT2D eigenvalue weighted by atomic mass is 79.9. The van der Waals surface area contributed by atoms with Crippen molar-refractivity contribution in [3.05, 3.63) is 107 Å². The second kappa shape index (κ2) is 10.3. The van der Waals surface area contributed by atoms with Gasteiger partial charge in [-0.3, -0.25) is 14.9 Å². The molecule has 0 aliphatic rings. The van der Waals surface area contributed by atoms with E-state index < -0.39 is 16.4 Å². The summed E-state index contributed by atoms with van der Waals surface area (Å²) in [7, 11) is 0. The molecule has 3 aromatic carbocycles. The third-order valence-electron chi connectivity index (χ3n) is 4.20. The highest BCUT2D eigenvalue weighted by Gasteiger charge is 2.19. The topological polar surface area (TPSA) is 80.4 Å². The number of hydrogen-bond acceptors (Lipinski definition) is 5. The van der Waals surface area contributed by atoms with Crippen LogP contribution in [0.5, 0.6) is 5.75 Å². The number of Topliss-reactive ketones (excluding diaryl/α,β-unsaturated/α-hetero) is 1. The van der Waals surface area contributed by atoms with Gasteiger partial charge in [-0.15, -0.1) is 11.8 Å². The second-order valence-electron chi connectivity index (χ2n) is 6.38. The first-order chi connectivity index (χ1) is 14.7. The number of phenolic OH excluding ortho intramolecular Hbond substituents is 1. The third kappa shape index (κ3) is 6.11. The van der Waals surface area contributed by atoms with E-state index in [2.05, 4.69) is 15.9 Å². The van der Waals surface area contributed by atoms with Crippen LogP contribution < -0.4 is 0 Å². The fourth-order valence-electron chi connectivity index (χ4n) is 2.65. The van der Waals surface area contributed by atoms with Gasteiger partial charge in [0.15, 0.2) is 5.75 Å². The molecule has 0 atom stereocenters. The molecule has 31 heavy (non-hydrogen) atoms. The molecule has 0 spiro atoms. The molecule has 0 amide bonds. The van der Waals surface area contributed by atoms with Crippen LogP contribution in [0.2, 0.25) is 10.0 Å². The fourth-order valence-corrected chi connectivity index (χ4v) is 4.38. The molecular formula is C22H14BrCl2NO4S. The number of rotatable bonds is 7. The molecule has 158 valence electrons. The molecule has 0 heterocycles. The Kier molecular flexibility index (Phi) is 7.78. The Morgan fingerprint density at radius 2 is 1.81 bits per heavy atom. The highest BCUT2D eigenvalue weighted by molar-refractivity contribution is 9.10. The van der Waals surface area contributed by atoms with Crippen LogP contribution >= 0.6 is 50.9 Å². The molecule has 5 nitrogen and oxygen atoms in total. The third-order valence-corrected chi connectivity index (χ3v) is 6.37. The molecule has 3 aromatic rings. The zero-order chi connectivity index (χ0) is 22.5. The summed E-state index contributed by atoms with van der Waals surface area (Å²) in [5.74, 6) is -0.284. The Morgan fingerprint density at radius 3 is 2.45 bits per heavy atom. The van der Waals surface area contributed by atoms with Crippen LogP contribution in [0.25, 0.3) is 6.08 Å². The zero-order valence-electron chi connectivity index (χ0n) is 15.7. The van der Waals surface area contributed by atoms with Gasteiger partial charge < -0.3 is 5.11 Å². The van der Waals surface area contributed by atoms with Gasteiger partial charge in [0, 0.05) is 26.9 Å². The first-order valence-electron chi connectivity index (χ1n) is 8.80. The summed E-state index contributed by atoms with van der Waals surface area (Å²) < 4.78 is 0.942. The lowest BCUT2D eigenvalue weighted by atomic mass is 10.1. The number of aromatic hydroxyl groups is 1. The minimum atomic E-state index is -0.681. The predicted molar refractivity (Wildman–Crippen MR) is 129 cm³/mol. The summed E-state index contributed by atoms with van der Waals surface area (Å²) in [4.78, 5) is 24.0. The quantitative estimate of drug-likeness (QED) is 0.145. The average molecular weight is 539 g/mol. The lowest BCUT2D eigenvalue weighted by Gasteiger charge is -2.10. The molecule has 0 aliphatic carbocycles. The second-order valence-corrected chi connectivity index (χ2v) is 9.16. The molecule has 0 saturated heterocycles. The monoisotopic (exact) mass is 537 g/mol. The molecular weight excluding hydrogens is 525 g/mol. The van der Waals surface area contributed by atoms with Gasteiger partial charge in [-0.05, 0) is 53.6 Å². The SMILES string of the molecule is O=C(C(=Cc1ccc(O)c([N+](=O)[O-])c1)SCc1ccc(Br)cc1)c1ccc(Cl)cc1Cl. The van der Waals surface area contributed by atoms with Gasteiger partial charge in [0.25, 0.3) is 0 Å². The minimum Gasteiger partial charge on any atom is -0.502 e. The van der Waals surface area contributed by atoms with E-state index in [1.807, 2.05) is 24.3 Å². The van der Waals surface area contributed by atoms with Crippen LogP contribution in [0, 0.1) is 10.1 Å². The summed E-state index contributed by atoms with van der Waals surface area (Å²) >= 11 is 16.8. The van der Waals surface area contributed by atoms with Crippen LogP contribution in [0.3, 0.4) is 0 Å². The number of hydrogen-bond donors (Lipinski definition) is 1. The number of ketones is 1. The number of halogens is 3. The predicted octanol–water partition coefficient (Wildman–Crippen LogP) is 7.53. The van der Waals surface area contributed by atoms with Crippen molar-refractivity contribution in [3.8, 4) is 5.75 Å². The summed E-state index contributed by atoms with van der Waals surface area (Å²) in [5, 5.41) is 21.5. The number of thioether (sulfide) groups is 1. The minimum absolute atomic E-state index is 0.212. The summed E-state index contributed by atoms with van der Waals surface area (Å²) in [6.45, 7) is 0. The Balaban J connectivity index is 1.99. The van der Waals surface area contributed by atoms with E-state index in [0.717, 1.165) is 10.0 Å². The van der Waals surface area contributed by atoms with Gasteiger partial charge in [-0.25, -0.2) is 0 Å². The highest BCUT2D eigenvalue weighted by Crippen LogP contribution is 2.33. The first kappa shape index (κ1) is 23.3. The molecule has 0 bridgehead atoms. The smallest absolute Gasteiger partial charge is 0.311 e. The number of nitrogens with zero attached hydrogens (tertiary/aromatic N) is 1. The molecule has 0 aliphatic heterocycles. The van der Waals surface area contributed by atoms with E-state index in [9.17, 15) is 20.0 Å². The van der Waals surface area contributed by atoms with Crippen molar-refractivity contribution in [2.24, 2.45) is 0 Å². The van der Waals surface area contributed by atoms with E-state index >= 15 is 0 Å². The van der Waals surface area contributed by atoms with E-state index in [0.29, 0.717) is 21.2 Å². The van der Waals surface area contributed by atoms with Crippen molar-refractivity contribution < 1.29 is 14.8 Å². The van der Waals surface area contributed by atoms with Crippen LogP contribution in [-0.4, -0.2) is 15.8 Å². The molecule has 0 aromatic heterocycles. The number of phenols is 1. The van der Waals surface area contributed by atoms with Gasteiger partial charge in [-0.1, -0.05) is 57.3 Å². The summed E-state index contributed by atoms with van der Waals surface area (Å²) in [6, 6.07) is 16.2. The van der Waals surface area contributed by atoms with Crippen LogP contribution in [0.15, 0.2) is 70.0 Å². The Bertz CT molecular complexity index is 1180. The molecule has 0 fully saturated rings. The van der Waals surface area contributed by atoms with Crippen molar-refractivity contribution >= 4 is 68.4 Å². The van der Waals surface area contributed by atoms with Crippen LogP contribution in [-0.2, 0) is 5.75 Å². The van der Waals surface area contributed by atoms with E-state index in [1.165, 1.54) is 36.0 Å². The molecule has 3 rings (SSSR count). The van der Waals surface area contributed by atoms with Crippen molar-refractivity contribution in [2.75, 3.05) is 0 Å². The zero-order valence-corrected chi connectivity index (χ0v) is 19.6. The first-order valence-corrected chi connectivity index (χ1v) is 11.3. The van der Waals surface area contributed by atoms with Crippen LogP contribution in [0.1, 0.15) is 21.5 Å². The van der Waals surface area contributed by atoms with Crippen LogP contribution in [0.4, 0.5) is 5.69 Å². The van der Waals surface area contributed by atoms with E-state index in [-0.39, 0.29) is 16.4 Å². The van der Waals surface area contributed by atoms with Crippen molar-refractivity contribution in [2.45, 2.75) is 5.75 Å². The van der Waals surface area contributed by atoms with Gasteiger partial charge >= 0.3 is 5.69 Å². The molecule has 9 heteroatoms. The Labute approximate surface area is 201 Å². The van der Waals surface area contributed by atoms with Gasteiger partial charge in [0.1, 0.15) is 0 Å². The Morgan fingerprint density at radius 1 is 1.10 bits per heavy atom. The largest absolute Gasteiger partial charge is 0.502 e. The molecule has 0 unspecified atom stereocenters. The van der Waals surface area contributed by atoms with E-state index in [1.54, 1.807) is 18.2 Å². The number of benzene rings is 3. The maximum atomic E-state index is 13.2.